The number of hydrogen-bond acceptors (Lipinski definition) is 5. The van der Waals surface area contributed by atoms with Gasteiger partial charge in [0.2, 0.25) is 0 Å². The summed E-state index contributed by atoms with van der Waals surface area (Å²) in [7, 11) is 1.38. The molecule has 2 fully saturated rings. The lowest BCUT2D eigenvalue weighted by Gasteiger charge is -2.48. The fourth-order valence-corrected chi connectivity index (χ4v) is 3.89. The van der Waals surface area contributed by atoms with E-state index >= 15 is 0 Å². The van der Waals surface area contributed by atoms with Crippen LogP contribution in [0.15, 0.2) is 0 Å². The van der Waals surface area contributed by atoms with E-state index in [0.717, 1.165) is 19.3 Å². The predicted molar refractivity (Wildman–Crippen MR) is 93.5 cm³/mol. The van der Waals surface area contributed by atoms with Crippen molar-refractivity contribution >= 4 is 17.7 Å². The van der Waals surface area contributed by atoms with E-state index in [1.165, 1.54) is 14.0 Å². The maximum absolute atomic E-state index is 12.7. The zero-order valence-corrected chi connectivity index (χ0v) is 16.9. The molecule has 1 unspecified atom stereocenters. The number of ether oxygens (including phenoxy) is 3. The van der Waals surface area contributed by atoms with Gasteiger partial charge in [-0.25, -0.2) is 4.79 Å². The molecular formula is C18H31ClNO5-. The fourth-order valence-electron chi connectivity index (χ4n) is 3.48. The highest BCUT2D eigenvalue weighted by atomic mass is 35.5. The summed E-state index contributed by atoms with van der Waals surface area (Å²) < 4.78 is 16.5. The number of alkyl halides is 1. The third-order valence-corrected chi connectivity index (χ3v) is 5.71. The van der Waals surface area contributed by atoms with E-state index in [1.807, 2.05) is 20.8 Å². The van der Waals surface area contributed by atoms with Crippen molar-refractivity contribution in [3.63, 3.8) is 0 Å². The van der Waals surface area contributed by atoms with E-state index in [9.17, 15) is 9.90 Å². The molecule has 0 aromatic rings. The summed E-state index contributed by atoms with van der Waals surface area (Å²) in [5.74, 6) is -1.05. The van der Waals surface area contributed by atoms with Crippen molar-refractivity contribution in [2.45, 2.75) is 83.0 Å². The molecule has 1 saturated heterocycles. The molecule has 0 bridgehead atoms. The quantitative estimate of drug-likeness (QED) is 0.544. The molecular weight excluding hydrogens is 346 g/mol. The van der Waals surface area contributed by atoms with Crippen LogP contribution in [-0.4, -0.2) is 59.7 Å². The van der Waals surface area contributed by atoms with Gasteiger partial charge in [-0.2, -0.15) is 0 Å². The SMILES string of the molecule is CO[C@@](C)([O-])C(C)O[C@H]1C[C@@H](CCl)C2(CC2)N(C(=O)OC(C)(C)C)C1. The molecule has 146 valence electrons. The number of nitrogens with zero attached hydrogens (tertiary/aromatic N) is 1. The van der Waals surface area contributed by atoms with Crippen molar-refractivity contribution in [2.24, 2.45) is 5.92 Å². The van der Waals surface area contributed by atoms with Crippen molar-refractivity contribution in [1.29, 1.82) is 0 Å². The number of piperidine rings is 1. The minimum absolute atomic E-state index is 0.132. The Morgan fingerprint density at radius 2 is 1.96 bits per heavy atom. The zero-order chi connectivity index (χ0) is 19.0. The highest BCUT2D eigenvalue weighted by Crippen LogP contribution is 2.53. The van der Waals surface area contributed by atoms with Crippen LogP contribution in [0.2, 0.25) is 0 Å². The van der Waals surface area contributed by atoms with Crippen LogP contribution in [0.25, 0.3) is 0 Å². The van der Waals surface area contributed by atoms with E-state index in [0.29, 0.717) is 12.4 Å². The monoisotopic (exact) mass is 376 g/mol. The standard InChI is InChI=1S/C18H31ClNO5/c1-12(17(5,22)23-6)24-14-9-13(10-19)18(7-8-18)20(11-14)15(21)25-16(2,3)4/h12-14H,7-11H2,1-6H3/q-1/t12?,13-,14-,17+/m0/s1. The highest BCUT2D eigenvalue weighted by molar-refractivity contribution is 6.18. The molecule has 2 aliphatic rings. The smallest absolute Gasteiger partial charge is 0.410 e. The fraction of sp³-hybridized carbons (Fsp3) is 0.944. The summed E-state index contributed by atoms with van der Waals surface area (Å²) in [5.41, 5.74) is -0.774. The summed E-state index contributed by atoms with van der Waals surface area (Å²) in [6, 6.07) is 0. The van der Waals surface area contributed by atoms with Gasteiger partial charge < -0.3 is 19.3 Å². The summed E-state index contributed by atoms with van der Waals surface area (Å²) in [5, 5.41) is 12.3. The Labute approximate surface area is 155 Å². The number of likely N-dealkylation sites (tertiary alicyclic amines) is 1. The third kappa shape index (κ3) is 4.59. The van der Waals surface area contributed by atoms with Gasteiger partial charge in [0.05, 0.1) is 24.3 Å². The molecule has 25 heavy (non-hydrogen) atoms. The average Bonchev–Trinajstić information content (AvgIpc) is 3.28. The second-order valence-corrected chi connectivity index (χ2v) is 8.71. The maximum Gasteiger partial charge on any atom is 0.410 e. The molecule has 0 radical (unpaired) electrons. The number of carbonyl (C=O) groups excluding carboxylic acids is 1. The predicted octanol–water partition coefficient (Wildman–Crippen LogP) is 2.51. The van der Waals surface area contributed by atoms with E-state index < -0.39 is 17.5 Å². The molecule has 1 aliphatic heterocycles. The number of methoxy groups -OCH3 is 1. The van der Waals surface area contributed by atoms with Crippen LogP contribution in [-0.2, 0) is 14.2 Å². The van der Waals surface area contributed by atoms with Gasteiger partial charge in [0.15, 0.2) is 0 Å². The van der Waals surface area contributed by atoms with Crippen LogP contribution < -0.4 is 5.11 Å². The Morgan fingerprint density at radius 3 is 2.40 bits per heavy atom. The van der Waals surface area contributed by atoms with Crippen molar-refractivity contribution in [3.8, 4) is 0 Å². The van der Waals surface area contributed by atoms with Crippen LogP contribution in [0, 0.1) is 5.92 Å². The molecule has 1 aliphatic carbocycles. The lowest BCUT2D eigenvalue weighted by molar-refractivity contribution is -0.564. The molecule has 1 saturated carbocycles. The first-order chi connectivity index (χ1) is 11.4. The molecule has 1 amide bonds. The molecule has 7 heteroatoms. The summed E-state index contributed by atoms with van der Waals surface area (Å²) in [6.07, 6.45) is 1.35. The Balaban J connectivity index is 2.13. The summed E-state index contributed by atoms with van der Waals surface area (Å²) >= 11 is 6.21. The molecule has 0 N–H and O–H groups in total. The van der Waals surface area contributed by atoms with Crippen LogP contribution in [0.3, 0.4) is 0 Å². The average molecular weight is 377 g/mol. The van der Waals surface area contributed by atoms with E-state index in [-0.39, 0.29) is 23.7 Å². The van der Waals surface area contributed by atoms with Gasteiger partial charge >= 0.3 is 6.09 Å². The zero-order valence-electron chi connectivity index (χ0n) is 16.1. The van der Waals surface area contributed by atoms with Crippen LogP contribution in [0.5, 0.6) is 0 Å². The van der Waals surface area contributed by atoms with Crippen LogP contribution >= 0.6 is 11.6 Å². The number of amides is 1. The molecule has 6 nitrogen and oxygen atoms in total. The van der Waals surface area contributed by atoms with Gasteiger partial charge in [-0.3, -0.25) is 4.90 Å². The first kappa shape index (κ1) is 20.7. The van der Waals surface area contributed by atoms with Gasteiger partial charge in [0, 0.05) is 18.8 Å². The Bertz CT molecular complexity index is 486. The first-order valence-corrected chi connectivity index (χ1v) is 9.46. The normalized spacial score (nSPS) is 29.2. The number of hydrogen-bond donors (Lipinski definition) is 0. The lowest BCUT2D eigenvalue weighted by atomic mass is 9.86. The van der Waals surface area contributed by atoms with Crippen molar-refractivity contribution in [1.82, 2.24) is 4.90 Å². The maximum atomic E-state index is 12.7. The largest absolute Gasteiger partial charge is 0.827 e. The number of halogens is 1. The Kier molecular flexibility index (Phi) is 5.99. The van der Waals surface area contributed by atoms with Gasteiger partial charge in [-0.1, -0.05) is 0 Å². The summed E-state index contributed by atoms with van der Waals surface area (Å²) in [6.45, 7) is 9.12. The minimum atomic E-state index is -1.64. The molecule has 0 aromatic heterocycles. The molecule has 2 rings (SSSR count). The van der Waals surface area contributed by atoms with Gasteiger partial charge in [-0.05, 0) is 59.8 Å². The Morgan fingerprint density at radius 1 is 1.36 bits per heavy atom. The van der Waals surface area contributed by atoms with E-state index in [4.69, 9.17) is 25.8 Å². The van der Waals surface area contributed by atoms with E-state index in [1.54, 1.807) is 11.8 Å². The Hall–Kier alpha value is -0.560. The molecule has 4 atom stereocenters. The lowest BCUT2D eigenvalue weighted by Crippen LogP contribution is -2.59. The van der Waals surface area contributed by atoms with E-state index in [2.05, 4.69) is 0 Å². The van der Waals surface area contributed by atoms with Crippen molar-refractivity contribution in [2.75, 3.05) is 19.5 Å². The van der Waals surface area contributed by atoms with Gasteiger partial charge in [-0.15, -0.1) is 11.6 Å². The number of carbonyl (C=O) groups is 1. The molecule has 1 heterocycles. The second-order valence-electron chi connectivity index (χ2n) is 8.40. The summed E-state index contributed by atoms with van der Waals surface area (Å²) in [4.78, 5) is 14.5. The first-order valence-electron chi connectivity index (χ1n) is 8.93. The van der Waals surface area contributed by atoms with Crippen LogP contribution in [0.1, 0.15) is 53.9 Å². The topological polar surface area (TPSA) is 71.1 Å². The van der Waals surface area contributed by atoms with Crippen LogP contribution in [0.4, 0.5) is 4.79 Å². The molecule has 1 spiro atoms. The second kappa shape index (κ2) is 7.22. The van der Waals surface area contributed by atoms with Gasteiger partial charge in [0.1, 0.15) is 5.60 Å². The molecule has 0 aromatic carbocycles. The van der Waals surface area contributed by atoms with Crippen molar-refractivity contribution < 1.29 is 24.1 Å². The third-order valence-electron chi connectivity index (χ3n) is 5.33. The van der Waals surface area contributed by atoms with Crippen molar-refractivity contribution in [3.05, 3.63) is 0 Å². The highest BCUT2D eigenvalue weighted by Gasteiger charge is 2.59. The minimum Gasteiger partial charge on any atom is -0.827 e. The number of rotatable bonds is 5. The van der Waals surface area contributed by atoms with Gasteiger partial charge in [0.25, 0.3) is 0 Å².